The van der Waals surface area contributed by atoms with Crippen LogP contribution < -0.4 is 5.32 Å². The molecule has 2 rings (SSSR count). The maximum Gasteiger partial charge on any atom is 0.0453 e. The standard InChI is InChI=1S/C17H25Cl2N/c1-3-20-17(13-9-7-12(2)8-10-13)11-14-15(18)5-4-6-16(14)19/h4-6,12-13,17,20H,3,7-11H2,1-2H3. The lowest BCUT2D eigenvalue weighted by Crippen LogP contribution is -2.39. The monoisotopic (exact) mass is 313 g/mol. The summed E-state index contributed by atoms with van der Waals surface area (Å²) in [6, 6.07) is 6.28. The molecule has 0 saturated heterocycles. The van der Waals surface area contributed by atoms with E-state index in [2.05, 4.69) is 19.2 Å². The number of hydrogen-bond acceptors (Lipinski definition) is 1. The fourth-order valence-corrected chi connectivity index (χ4v) is 3.85. The van der Waals surface area contributed by atoms with Gasteiger partial charge in [0.15, 0.2) is 0 Å². The molecule has 20 heavy (non-hydrogen) atoms. The van der Waals surface area contributed by atoms with Crippen LogP contribution >= 0.6 is 23.2 Å². The first-order valence-corrected chi connectivity index (χ1v) is 8.53. The van der Waals surface area contributed by atoms with Crippen molar-refractivity contribution in [3.63, 3.8) is 0 Å². The van der Waals surface area contributed by atoms with Gasteiger partial charge < -0.3 is 5.32 Å². The van der Waals surface area contributed by atoms with Gasteiger partial charge in [-0.2, -0.15) is 0 Å². The van der Waals surface area contributed by atoms with E-state index in [4.69, 9.17) is 23.2 Å². The van der Waals surface area contributed by atoms with Gasteiger partial charge in [0.1, 0.15) is 0 Å². The van der Waals surface area contributed by atoms with Gasteiger partial charge in [0.2, 0.25) is 0 Å². The van der Waals surface area contributed by atoms with Crippen molar-refractivity contribution in [1.82, 2.24) is 5.32 Å². The Balaban J connectivity index is 2.09. The van der Waals surface area contributed by atoms with Crippen molar-refractivity contribution < 1.29 is 0 Å². The highest BCUT2D eigenvalue weighted by molar-refractivity contribution is 6.36. The summed E-state index contributed by atoms with van der Waals surface area (Å²) in [5.41, 5.74) is 1.10. The normalized spacial score (nSPS) is 24.6. The van der Waals surface area contributed by atoms with Crippen LogP contribution in [0.25, 0.3) is 0 Å². The van der Waals surface area contributed by atoms with Crippen LogP contribution in [0.2, 0.25) is 10.0 Å². The molecular formula is C17H25Cl2N. The van der Waals surface area contributed by atoms with E-state index in [1.54, 1.807) is 0 Å². The van der Waals surface area contributed by atoms with Crippen molar-refractivity contribution in [3.8, 4) is 0 Å². The van der Waals surface area contributed by atoms with Gasteiger partial charge >= 0.3 is 0 Å². The smallest absolute Gasteiger partial charge is 0.0453 e. The molecule has 1 aliphatic rings. The molecule has 0 heterocycles. The maximum absolute atomic E-state index is 6.32. The molecule has 1 nitrogen and oxygen atoms in total. The van der Waals surface area contributed by atoms with Crippen LogP contribution in [0.4, 0.5) is 0 Å². The predicted molar refractivity (Wildman–Crippen MR) is 88.8 cm³/mol. The zero-order valence-corrected chi connectivity index (χ0v) is 14.0. The van der Waals surface area contributed by atoms with E-state index in [-0.39, 0.29) is 0 Å². The summed E-state index contributed by atoms with van der Waals surface area (Å²) >= 11 is 12.6. The molecule has 1 N–H and O–H groups in total. The first-order chi connectivity index (χ1) is 9.61. The highest BCUT2D eigenvalue weighted by Crippen LogP contribution is 2.33. The van der Waals surface area contributed by atoms with Crippen molar-refractivity contribution in [2.45, 2.75) is 52.0 Å². The van der Waals surface area contributed by atoms with Gasteiger partial charge in [-0.1, -0.05) is 56.0 Å². The third-order valence-corrected chi connectivity index (χ3v) is 5.29. The molecule has 1 aliphatic carbocycles. The number of halogens is 2. The van der Waals surface area contributed by atoms with Crippen LogP contribution in [0, 0.1) is 11.8 Å². The Morgan fingerprint density at radius 3 is 2.30 bits per heavy atom. The summed E-state index contributed by atoms with van der Waals surface area (Å²) in [6.45, 7) is 5.54. The molecule has 0 amide bonds. The molecule has 3 heteroatoms. The van der Waals surface area contributed by atoms with E-state index >= 15 is 0 Å². The van der Waals surface area contributed by atoms with Crippen LogP contribution in [-0.2, 0) is 6.42 Å². The lowest BCUT2D eigenvalue weighted by molar-refractivity contribution is 0.230. The summed E-state index contributed by atoms with van der Waals surface area (Å²) < 4.78 is 0. The second kappa shape index (κ2) is 7.68. The van der Waals surface area contributed by atoms with Crippen molar-refractivity contribution in [2.24, 2.45) is 11.8 Å². The Morgan fingerprint density at radius 1 is 1.15 bits per heavy atom. The van der Waals surface area contributed by atoms with E-state index in [0.29, 0.717) is 6.04 Å². The highest BCUT2D eigenvalue weighted by atomic mass is 35.5. The molecule has 0 radical (unpaired) electrons. The fraction of sp³-hybridized carbons (Fsp3) is 0.647. The molecule has 1 atom stereocenters. The van der Waals surface area contributed by atoms with Crippen molar-refractivity contribution in [2.75, 3.05) is 6.54 Å². The molecule has 0 spiro atoms. The minimum atomic E-state index is 0.491. The SMILES string of the molecule is CCNC(Cc1c(Cl)cccc1Cl)C1CCC(C)CC1. The molecule has 1 unspecified atom stereocenters. The Bertz CT molecular complexity index is 405. The minimum absolute atomic E-state index is 0.491. The second-order valence-corrected chi connectivity index (χ2v) is 6.90. The van der Waals surface area contributed by atoms with Gasteiger partial charge in [-0.05, 0) is 55.3 Å². The van der Waals surface area contributed by atoms with Crippen molar-refractivity contribution >= 4 is 23.2 Å². The average molecular weight is 314 g/mol. The summed E-state index contributed by atoms with van der Waals surface area (Å²) in [5.74, 6) is 1.64. The fourth-order valence-electron chi connectivity index (χ4n) is 3.30. The van der Waals surface area contributed by atoms with E-state index < -0.39 is 0 Å². The Morgan fingerprint density at radius 2 is 1.75 bits per heavy atom. The van der Waals surface area contributed by atoms with Crippen LogP contribution in [0.3, 0.4) is 0 Å². The van der Waals surface area contributed by atoms with Gasteiger partial charge in [0, 0.05) is 16.1 Å². The van der Waals surface area contributed by atoms with E-state index in [1.165, 1.54) is 25.7 Å². The zero-order chi connectivity index (χ0) is 14.5. The lowest BCUT2D eigenvalue weighted by Gasteiger charge is -2.33. The highest BCUT2D eigenvalue weighted by Gasteiger charge is 2.26. The van der Waals surface area contributed by atoms with Gasteiger partial charge in [-0.15, -0.1) is 0 Å². The van der Waals surface area contributed by atoms with E-state index in [0.717, 1.165) is 40.4 Å². The van der Waals surface area contributed by atoms with Crippen LogP contribution in [-0.4, -0.2) is 12.6 Å². The van der Waals surface area contributed by atoms with Crippen LogP contribution in [0.1, 0.15) is 45.1 Å². The molecule has 1 aromatic rings. The number of nitrogens with one attached hydrogen (secondary N) is 1. The largest absolute Gasteiger partial charge is 0.314 e. The quantitative estimate of drug-likeness (QED) is 0.773. The molecule has 0 aliphatic heterocycles. The van der Waals surface area contributed by atoms with E-state index in [9.17, 15) is 0 Å². The molecule has 1 aromatic carbocycles. The minimum Gasteiger partial charge on any atom is -0.314 e. The summed E-state index contributed by atoms with van der Waals surface area (Å²) in [5, 5.41) is 5.24. The zero-order valence-electron chi connectivity index (χ0n) is 12.5. The Kier molecular flexibility index (Phi) is 6.20. The molecular weight excluding hydrogens is 289 g/mol. The third kappa shape index (κ3) is 4.13. The summed E-state index contributed by atoms with van der Waals surface area (Å²) in [4.78, 5) is 0. The average Bonchev–Trinajstić information content (AvgIpc) is 2.43. The van der Waals surface area contributed by atoms with Gasteiger partial charge in [0.05, 0.1) is 0 Å². The van der Waals surface area contributed by atoms with Crippen LogP contribution in [0.15, 0.2) is 18.2 Å². The predicted octanol–water partition coefficient (Wildman–Crippen LogP) is 5.34. The van der Waals surface area contributed by atoms with Crippen LogP contribution in [0.5, 0.6) is 0 Å². The van der Waals surface area contributed by atoms with E-state index in [1.807, 2.05) is 18.2 Å². The van der Waals surface area contributed by atoms with Crippen molar-refractivity contribution in [3.05, 3.63) is 33.8 Å². The van der Waals surface area contributed by atoms with Gasteiger partial charge in [0.25, 0.3) is 0 Å². The molecule has 0 bridgehead atoms. The third-order valence-electron chi connectivity index (χ3n) is 4.58. The Hall–Kier alpha value is -0.240. The summed E-state index contributed by atoms with van der Waals surface area (Å²) in [6.07, 6.45) is 6.28. The number of benzene rings is 1. The molecule has 1 fully saturated rings. The molecule has 1 saturated carbocycles. The first-order valence-electron chi connectivity index (χ1n) is 7.78. The first kappa shape index (κ1) is 16.1. The molecule has 112 valence electrons. The second-order valence-electron chi connectivity index (χ2n) is 6.09. The topological polar surface area (TPSA) is 12.0 Å². The molecule has 0 aromatic heterocycles. The Labute approximate surface area is 133 Å². The number of rotatable bonds is 5. The lowest BCUT2D eigenvalue weighted by atomic mass is 9.77. The van der Waals surface area contributed by atoms with Crippen molar-refractivity contribution in [1.29, 1.82) is 0 Å². The van der Waals surface area contributed by atoms with Gasteiger partial charge in [-0.3, -0.25) is 0 Å². The number of hydrogen-bond donors (Lipinski definition) is 1. The summed E-state index contributed by atoms with van der Waals surface area (Å²) in [7, 11) is 0. The maximum atomic E-state index is 6.32. The van der Waals surface area contributed by atoms with Gasteiger partial charge in [-0.25, -0.2) is 0 Å². The number of likely N-dealkylation sites (N-methyl/N-ethyl adjacent to an activating group) is 1.